The van der Waals surface area contributed by atoms with Gasteiger partial charge in [-0.2, -0.15) is 0 Å². The lowest BCUT2D eigenvalue weighted by molar-refractivity contribution is 0.375. The molecule has 1 aliphatic heterocycles. The molecule has 0 aliphatic carbocycles. The summed E-state index contributed by atoms with van der Waals surface area (Å²) in [5.41, 5.74) is 9.56. The summed E-state index contributed by atoms with van der Waals surface area (Å²) in [5, 5.41) is 8.71. The van der Waals surface area contributed by atoms with Gasteiger partial charge < -0.3 is 10.3 Å². The lowest BCUT2D eigenvalue weighted by Crippen LogP contribution is -2.26. The highest BCUT2D eigenvalue weighted by molar-refractivity contribution is 5.57. The number of fused-ring (bicyclic) bond motifs is 1. The lowest BCUT2D eigenvalue weighted by atomic mass is 9.99. The van der Waals surface area contributed by atoms with Crippen LogP contribution in [-0.2, 0) is 13.0 Å². The second-order valence-electron chi connectivity index (χ2n) is 5.49. The van der Waals surface area contributed by atoms with E-state index in [0.717, 1.165) is 43.1 Å². The first kappa shape index (κ1) is 12.4. The standard InChI is InChI=1S/C15H20N4/c1-10-3-5-13(7-11(10)2)15-18-17-14-6-4-12(8-16)9-19(14)15/h3,5,7,12H,4,6,8-9,16H2,1-2H3. The Morgan fingerprint density at radius 1 is 1.26 bits per heavy atom. The molecule has 0 amide bonds. The zero-order valence-electron chi connectivity index (χ0n) is 11.6. The predicted octanol–water partition coefficient (Wildman–Crippen LogP) is 2.08. The van der Waals surface area contributed by atoms with Crippen molar-refractivity contribution in [3.8, 4) is 11.4 Å². The molecule has 4 nitrogen and oxygen atoms in total. The van der Waals surface area contributed by atoms with Crippen molar-refractivity contribution in [3.05, 3.63) is 35.2 Å². The van der Waals surface area contributed by atoms with E-state index >= 15 is 0 Å². The molecular formula is C15H20N4. The first-order valence-corrected chi connectivity index (χ1v) is 6.89. The van der Waals surface area contributed by atoms with Crippen LogP contribution in [0.15, 0.2) is 18.2 Å². The topological polar surface area (TPSA) is 56.7 Å². The van der Waals surface area contributed by atoms with E-state index in [1.165, 1.54) is 11.1 Å². The molecule has 0 saturated carbocycles. The van der Waals surface area contributed by atoms with E-state index in [0.29, 0.717) is 5.92 Å². The molecule has 0 spiro atoms. The molecule has 3 rings (SSSR count). The van der Waals surface area contributed by atoms with Gasteiger partial charge in [0.1, 0.15) is 5.82 Å². The van der Waals surface area contributed by atoms with Crippen molar-refractivity contribution in [2.45, 2.75) is 33.2 Å². The number of nitrogens with zero attached hydrogens (tertiary/aromatic N) is 3. The smallest absolute Gasteiger partial charge is 0.163 e. The number of aromatic nitrogens is 3. The second-order valence-corrected chi connectivity index (χ2v) is 5.49. The SMILES string of the molecule is Cc1ccc(-c2nnc3n2CC(CN)CC3)cc1C. The van der Waals surface area contributed by atoms with Gasteiger partial charge in [-0.1, -0.05) is 12.1 Å². The molecule has 4 heteroatoms. The molecule has 1 atom stereocenters. The van der Waals surface area contributed by atoms with Crippen molar-refractivity contribution in [3.63, 3.8) is 0 Å². The Labute approximate surface area is 113 Å². The number of hydrogen-bond donors (Lipinski definition) is 1. The van der Waals surface area contributed by atoms with Gasteiger partial charge in [0.05, 0.1) is 0 Å². The van der Waals surface area contributed by atoms with E-state index in [4.69, 9.17) is 5.73 Å². The molecule has 1 aromatic heterocycles. The van der Waals surface area contributed by atoms with E-state index in [1.54, 1.807) is 0 Å². The predicted molar refractivity (Wildman–Crippen MR) is 75.8 cm³/mol. The van der Waals surface area contributed by atoms with Gasteiger partial charge in [-0.05, 0) is 49.9 Å². The average molecular weight is 256 g/mol. The van der Waals surface area contributed by atoms with Crippen LogP contribution in [0.3, 0.4) is 0 Å². The summed E-state index contributed by atoms with van der Waals surface area (Å²) in [4.78, 5) is 0. The van der Waals surface area contributed by atoms with Gasteiger partial charge in [-0.25, -0.2) is 0 Å². The Morgan fingerprint density at radius 3 is 2.84 bits per heavy atom. The zero-order valence-corrected chi connectivity index (χ0v) is 11.6. The van der Waals surface area contributed by atoms with Crippen LogP contribution in [0, 0.1) is 19.8 Å². The Hall–Kier alpha value is -1.68. The van der Waals surface area contributed by atoms with Gasteiger partial charge in [0.15, 0.2) is 5.82 Å². The van der Waals surface area contributed by atoms with Crippen molar-refractivity contribution in [2.24, 2.45) is 11.7 Å². The van der Waals surface area contributed by atoms with Gasteiger partial charge in [0, 0.05) is 18.5 Å². The molecule has 1 unspecified atom stereocenters. The van der Waals surface area contributed by atoms with Crippen LogP contribution in [-0.4, -0.2) is 21.3 Å². The van der Waals surface area contributed by atoms with Crippen LogP contribution in [0.2, 0.25) is 0 Å². The molecule has 0 bridgehead atoms. The quantitative estimate of drug-likeness (QED) is 0.895. The third-order valence-electron chi connectivity index (χ3n) is 4.14. The molecular weight excluding hydrogens is 236 g/mol. The highest BCUT2D eigenvalue weighted by atomic mass is 15.3. The Kier molecular flexibility index (Phi) is 3.11. The summed E-state index contributed by atoms with van der Waals surface area (Å²) in [6, 6.07) is 6.47. The summed E-state index contributed by atoms with van der Waals surface area (Å²) in [6.07, 6.45) is 2.11. The molecule has 1 aliphatic rings. The third-order valence-corrected chi connectivity index (χ3v) is 4.14. The zero-order chi connectivity index (χ0) is 13.4. The average Bonchev–Trinajstić information content (AvgIpc) is 2.84. The fourth-order valence-electron chi connectivity index (χ4n) is 2.68. The highest BCUT2D eigenvalue weighted by Crippen LogP contribution is 2.26. The minimum atomic E-state index is 0.550. The van der Waals surface area contributed by atoms with Gasteiger partial charge >= 0.3 is 0 Å². The van der Waals surface area contributed by atoms with Crippen molar-refractivity contribution in [1.29, 1.82) is 0 Å². The number of rotatable bonds is 2. The van der Waals surface area contributed by atoms with Crippen LogP contribution in [0.25, 0.3) is 11.4 Å². The van der Waals surface area contributed by atoms with Crippen LogP contribution in [0.1, 0.15) is 23.4 Å². The Bertz CT molecular complexity index is 600. The molecule has 2 N–H and O–H groups in total. The summed E-state index contributed by atoms with van der Waals surface area (Å²) < 4.78 is 2.24. The Balaban J connectivity index is 2.02. The molecule has 100 valence electrons. The van der Waals surface area contributed by atoms with Crippen molar-refractivity contribution in [2.75, 3.05) is 6.54 Å². The third kappa shape index (κ3) is 2.16. The Morgan fingerprint density at radius 2 is 2.11 bits per heavy atom. The maximum absolute atomic E-state index is 5.81. The maximum Gasteiger partial charge on any atom is 0.163 e. The van der Waals surface area contributed by atoms with E-state index in [2.05, 4.69) is 46.8 Å². The largest absolute Gasteiger partial charge is 0.330 e. The normalized spacial score (nSPS) is 18.4. The minimum absolute atomic E-state index is 0.550. The summed E-state index contributed by atoms with van der Waals surface area (Å²) in [5.74, 6) is 2.63. The summed E-state index contributed by atoms with van der Waals surface area (Å²) in [7, 11) is 0. The summed E-state index contributed by atoms with van der Waals surface area (Å²) in [6.45, 7) is 5.95. The molecule has 0 saturated heterocycles. The minimum Gasteiger partial charge on any atom is -0.330 e. The fraction of sp³-hybridized carbons (Fsp3) is 0.467. The van der Waals surface area contributed by atoms with Crippen LogP contribution < -0.4 is 5.73 Å². The fourth-order valence-corrected chi connectivity index (χ4v) is 2.68. The first-order valence-electron chi connectivity index (χ1n) is 6.89. The number of benzene rings is 1. The monoisotopic (exact) mass is 256 g/mol. The van der Waals surface area contributed by atoms with Gasteiger partial charge in [-0.3, -0.25) is 0 Å². The maximum atomic E-state index is 5.81. The second kappa shape index (κ2) is 4.78. The number of aryl methyl sites for hydroxylation is 3. The molecule has 19 heavy (non-hydrogen) atoms. The van der Waals surface area contributed by atoms with Crippen LogP contribution >= 0.6 is 0 Å². The molecule has 1 aromatic carbocycles. The van der Waals surface area contributed by atoms with E-state index in [9.17, 15) is 0 Å². The van der Waals surface area contributed by atoms with Crippen molar-refractivity contribution < 1.29 is 0 Å². The van der Waals surface area contributed by atoms with Crippen LogP contribution in [0.5, 0.6) is 0 Å². The number of nitrogens with two attached hydrogens (primary N) is 1. The van der Waals surface area contributed by atoms with E-state index < -0.39 is 0 Å². The lowest BCUT2D eigenvalue weighted by Gasteiger charge is -2.23. The highest BCUT2D eigenvalue weighted by Gasteiger charge is 2.22. The summed E-state index contributed by atoms with van der Waals surface area (Å²) >= 11 is 0. The van der Waals surface area contributed by atoms with E-state index in [-0.39, 0.29) is 0 Å². The van der Waals surface area contributed by atoms with Crippen LogP contribution in [0.4, 0.5) is 0 Å². The molecule has 2 heterocycles. The van der Waals surface area contributed by atoms with Gasteiger partial charge in [0.2, 0.25) is 0 Å². The molecule has 0 radical (unpaired) electrons. The van der Waals surface area contributed by atoms with Gasteiger partial charge in [-0.15, -0.1) is 10.2 Å². The van der Waals surface area contributed by atoms with Gasteiger partial charge in [0.25, 0.3) is 0 Å². The molecule has 0 fully saturated rings. The van der Waals surface area contributed by atoms with Crippen molar-refractivity contribution in [1.82, 2.24) is 14.8 Å². The first-order chi connectivity index (χ1) is 9.19. The van der Waals surface area contributed by atoms with E-state index in [1.807, 2.05) is 0 Å². The van der Waals surface area contributed by atoms with Crippen molar-refractivity contribution >= 4 is 0 Å². The molecule has 2 aromatic rings. The number of hydrogen-bond acceptors (Lipinski definition) is 3.